The van der Waals surface area contributed by atoms with Crippen LogP contribution in [0.5, 0.6) is 11.5 Å². The van der Waals surface area contributed by atoms with Crippen LogP contribution in [0.25, 0.3) is 0 Å². The molecular weight excluding hydrogens is 529 g/mol. The molecule has 2 atom stereocenters. The molecule has 4 rings (SSSR count). The highest BCUT2D eigenvalue weighted by atomic mass is 19.3. The van der Waals surface area contributed by atoms with Crippen molar-refractivity contribution in [3.63, 3.8) is 0 Å². The molecule has 0 saturated carbocycles. The van der Waals surface area contributed by atoms with Crippen molar-refractivity contribution in [2.45, 2.75) is 32.0 Å². The average molecular weight is 551 g/mol. The number of halogens is 5. The molecule has 1 fully saturated rings. The number of aryl methyl sites for hydroxylation is 1. The number of nitrogens with one attached hydrogen (secondary N) is 1. The van der Waals surface area contributed by atoms with Crippen LogP contribution in [0.1, 0.15) is 28.8 Å². The Kier molecular flexibility index (Phi) is 7.88. The number of aromatic nitrogens is 1. The normalized spacial score (nSPS) is 17.0. The van der Waals surface area contributed by atoms with Crippen LogP contribution >= 0.6 is 0 Å². The molecule has 1 saturated heterocycles. The van der Waals surface area contributed by atoms with Gasteiger partial charge in [-0.25, -0.2) is 13.2 Å². The van der Waals surface area contributed by atoms with E-state index in [0.29, 0.717) is 0 Å². The smallest absolute Gasteiger partial charge is 0.387 e. The summed E-state index contributed by atoms with van der Waals surface area (Å²) >= 11 is 0. The van der Waals surface area contributed by atoms with Gasteiger partial charge in [0.2, 0.25) is 5.91 Å². The number of hydrogen-bond donors (Lipinski definition) is 1. The van der Waals surface area contributed by atoms with Crippen molar-refractivity contribution in [1.82, 2.24) is 9.88 Å². The van der Waals surface area contributed by atoms with Crippen molar-refractivity contribution in [2.24, 2.45) is 0 Å². The second-order valence-corrected chi connectivity index (χ2v) is 8.55. The SMILES string of the molecule is CCn1cc(F)cc(N2C[C@@H](c3c(F)cc(OC)cc3F)C(NC(=O)c3ccc(OC(F)F)cc3)C2=O)c1=O. The van der Waals surface area contributed by atoms with Gasteiger partial charge in [0.05, 0.1) is 7.11 Å². The highest BCUT2D eigenvalue weighted by Crippen LogP contribution is 2.36. The van der Waals surface area contributed by atoms with Crippen LogP contribution in [0, 0.1) is 17.5 Å². The van der Waals surface area contributed by atoms with E-state index >= 15 is 8.78 Å². The number of nitrogens with zero attached hydrogens (tertiary/aromatic N) is 2. The van der Waals surface area contributed by atoms with Crippen molar-refractivity contribution in [1.29, 1.82) is 0 Å². The summed E-state index contributed by atoms with van der Waals surface area (Å²) in [5.41, 5.74) is -1.71. The van der Waals surface area contributed by atoms with Crippen molar-refractivity contribution < 1.29 is 41.0 Å². The first-order valence-electron chi connectivity index (χ1n) is 11.6. The molecule has 39 heavy (non-hydrogen) atoms. The molecule has 1 N–H and O–H groups in total. The van der Waals surface area contributed by atoms with Gasteiger partial charge in [0.1, 0.15) is 40.7 Å². The molecule has 2 amide bonds. The van der Waals surface area contributed by atoms with E-state index in [-0.39, 0.29) is 29.3 Å². The minimum absolute atomic E-state index is 0.0728. The minimum atomic E-state index is -3.08. The van der Waals surface area contributed by atoms with Crippen molar-refractivity contribution >= 4 is 17.5 Å². The minimum Gasteiger partial charge on any atom is -0.497 e. The van der Waals surface area contributed by atoms with E-state index in [2.05, 4.69) is 10.1 Å². The highest BCUT2D eigenvalue weighted by Gasteiger charge is 2.46. The summed E-state index contributed by atoms with van der Waals surface area (Å²) in [6.07, 6.45) is 0.952. The van der Waals surface area contributed by atoms with Crippen molar-refractivity contribution in [3.8, 4) is 11.5 Å². The fourth-order valence-electron chi connectivity index (χ4n) is 4.43. The first-order valence-corrected chi connectivity index (χ1v) is 11.6. The van der Waals surface area contributed by atoms with Gasteiger partial charge < -0.3 is 24.3 Å². The highest BCUT2D eigenvalue weighted by molar-refractivity contribution is 6.05. The van der Waals surface area contributed by atoms with E-state index in [1.165, 1.54) is 7.11 Å². The average Bonchev–Trinajstić information content (AvgIpc) is 3.19. The zero-order valence-electron chi connectivity index (χ0n) is 20.6. The molecule has 0 aliphatic carbocycles. The van der Waals surface area contributed by atoms with E-state index in [4.69, 9.17) is 4.74 Å². The fourth-order valence-corrected chi connectivity index (χ4v) is 4.43. The molecule has 1 aliphatic heterocycles. The molecule has 3 aromatic rings. The molecule has 13 heteroatoms. The van der Waals surface area contributed by atoms with Crippen LogP contribution < -0.4 is 25.2 Å². The van der Waals surface area contributed by atoms with E-state index in [0.717, 1.165) is 58.1 Å². The monoisotopic (exact) mass is 551 g/mol. The van der Waals surface area contributed by atoms with Gasteiger partial charge in [-0.15, -0.1) is 0 Å². The predicted octanol–water partition coefficient (Wildman–Crippen LogP) is 3.82. The first kappa shape index (κ1) is 27.6. The lowest BCUT2D eigenvalue weighted by Gasteiger charge is -2.20. The van der Waals surface area contributed by atoms with Gasteiger partial charge in [-0.05, 0) is 31.2 Å². The number of carbonyl (C=O) groups is 2. The third-order valence-electron chi connectivity index (χ3n) is 6.27. The summed E-state index contributed by atoms with van der Waals surface area (Å²) in [7, 11) is 1.21. The summed E-state index contributed by atoms with van der Waals surface area (Å²) in [4.78, 5) is 40.3. The molecule has 2 heterocycles. The summed E-state index contributed by atoms with van der Waals surface area (Å²) in [6, 6.07) is 5.56. The maximum atomic E-state index is 15.1. The Morgan fingerprint density at radius 1 is 1.05 bits per heavy atom. The molecule has 1 unspecified atom stereocenters. The Morgan fingerprint density at radius 2 is 1.69 bits per heavy atom. The molecule has 0 bridgehead atoms. The number of amides is 2. The molecule has 8 nitrogen and oxygen atoms in total. The van der Waals surface area contributed by atoms with Gasteiger partial charge in [0, 0.05) is 54.5 Å². The van der Waals surface area contributed by atoms with E-state index in [1.807, 2.05) is 0 Å². The summed E-state index contributed by atoms with van der Waals surface area (Å²) in [6.45, 7) is -1.88. The number of methoxy groups -OCH3 is 1. The Bertz CT molecular complexity index is 1440. The van der Waals surface area contributed by atoms with Crippen LogP contribution in [0.3, 0.4) is 0 Å². The fraction of sp³-hybridized carbons (Fsp3) is 0.269. The Hall–Kier alpha value is -4.42. The zero-order valence-corrected chi connectivity index (χ0v) is 20.6. The van der Waals surface area contributed by atoms with E-state index in [1.54, 1.807) is 6.92 Å². The van der Waals surface area contributed by atoms with Crippen LogP contribution in [0.2, 0.25) is 0 Å². The van der Waals surface area contributed by atoms with Crippen LogP contribution in [0.15, 0.2) is 53.5 Å². The third kappa shape index (κ3) is 5.56. The first-order chi connectivity index (χ1) is 18.5. The van der Waals surface area contributed by atoms with Crippen LogP contribution in [0.4, 0.5) is 27.6 Å². The summed E-state index contributed by atoms with van der Waals surface area (Å²) < 4.78 is 79.5. The Balaban J connectivity index is 1.74. The number of carbonyl (C=O) groups excluding carboxylic acids is 2. The second kappa shape index (κ2) is 11.1. The topological polar surface area (TPSA) is 89.9 Å². The maximum absolute atomic E-state index is 15.1. The number of rotatable bonds is 8. The number of ether oxygens (including phenoxy) is 2. The largest absolute Gasteiger partial charge is 0.497 e. The molecule has 0 radical (unpaired) electrons. The molecule has 1 aliphatic rings. The third-order valence-corrected chi connectivity index (χ3v) is 6.27. The van der Waals surface area contributed by atoms with Crippen molar-refractivity contribution in [2.75, 3.05) is 18.6 Å². The zero-order chi connectivity index (χ0) is 28.4. The number of benzene rings is 2. The van der Waals surface area contributed by atoms with E-state index < -0.39 is 65.5 Å². The maximum Gasteiger partial charge on any atom is 0.387 e. The van der Waals surface area contributed by atoms with E-state index in [9.17, 15) is 27.6 Å². The lowest BCUT2D eigenvalue weighted by Crippen LogP contribution is -2.44. The van der Waals surface area contributed by atoms with Crippen molar-refractivity contribution in [3.05, 3.63) is 87.6 Å². The number of hydrogen-bond acceptors (Lipinski definition) is 5. The van der Waals surface area contributed by atoms with Gasteiger partial charge in [0.15, 0.2) is 0 Å². The Morgan fingerprint density at radius 3 is 2.26 bits per heavy atom. The van der Waals surface area contributed by atoms with Crippen LogP contribution in [-0.2, 0) is 11.3 Å². The second-order valence-electron chi connectivity index (χ2n) is 8.55. The summed E-state index contributed by atoms with van der Waals surface area (Å²) in [5.74, 6) is -6.42. The van der Waals surface area contributed by atoms with Gasteiger partial charge >= 0.3 is 6.61 Å². The predicted molar refractivity (Wildman–Crippen MR) is 129 cm³/mol. The van der Waals surface area contributed by atoms with Gasteiger partial charge in [-0.1, -0.05) is 0 Å². The molecule has 0 spiro atoms. The lowest BCUT2D eigenvalue weighted by molar-refractivity contribution is -0.118. The lowest BCUT2D eigenvalue weighted by atomic mass is 9.92. The number of pyridine rings is 1. The molecular formula is C26H22F5N3O5. The molecule has 206 valence electrons. The summed E-state index contributed by atoms with van der Waals surface area (Å²) in [5, 5.41) is 2.41. The van der Waals surface area contributed by atoms with Gasteiger partial charge in [-0.2, -0.15) is 8.78 Å². The van der Waals surface area contributed by atoms with Gasteiger partial charge in [-0.3, -0.25) is 14.4 Å². The van der Waals surface area contributed by atoms with Gasteiger partial charge in [0.25, 0.3) is 11.5 Å². The standard InChI is InChI=1S/C26H22F5N3O5/c1-3-33-11-14(27)8-20(24(33)36)34-12-17(21-18(28)9-16(38-2)10-19(21)29)22(25(34)37)32-23(35)13-4-6-15(7-5-13)39-26(30)31/h4-11,17,22,26H,3,12H2,1-2H3,(H,32,35)/t17-,22?/m0/s1. The quantitative estimate of drug-likeness (QED) is 0.430. The van der Waals surface area contributed by atoms with Crippen LogP contribution in [-0.4, -0.2) is 42.7 Å². The Labute approximate surface area is 218 Å². The number of alkyl halides is 2. The molecule has 2 aromatic carbocycles. The number of anilines is 1. The molecule has 1 aromatic heterocycles.